The van der Waals surface area contributed by atoms with E-state index in [-0.39, 0.29) is 29.9 Å². The van der Waals surface area contributed by atoms with Gasteiger partial charge < -0.3 is 24.6 Å². The Morgan fingerprint density at radius 1 is 1.12 bits per heavy atom. The number of esters is 1. The van der Waals surface area contributed by atoms with Crippen molar-refractivity contribution in [1.82, 2.24) is 10.1 Å². The first-order valence-electron chi connectivity index (χ1n) is 11.1. The van der Waals surface area contributed by atoms with Gasteiger partial charge in [0.15, 0.2) is 6.61 Å². The summed E-state index contributed by atoms with van der Waals surface area (Å²) in [4.78, 5) is 38.4. The second-order valence-electron chi connectivity index (χ2n) is 8.42. The smallest absolute Gasteiger partial charge is 0.342 e. The summed E-state index contributed by atoms with van der Waals surface area (Å²) < 4.78 is 16.5. The van der Waals surface area contributed by atoms with Gasteiger partial charge in [-0.05, 0) is 49.6 Å². The predicted octanol–water partition coefficient (Wildman–Crippen LogP) is 2.90. The molecule has 1 aliphatic rings. The number of aromatic nitrogens is 1. The van der Waals surface area contributed by atoms with Crippen LogP contribution in [0.25, 0.3) is 10.8 Å². The van der Waals surface area contributed by atoms with E-state index in [9.17, 15) is 14.4 Å². The van der Waals surface area contributed by atoms with Crippen molar-refractivity contribution in [3.63, 3.8) is 0 Å². The number of aryl methyl sites for hydroxylation is 2. The molecule has 0 atom stereocenters. The van der Waals surface area contributed by atoms with Crippen molar-refractivity contribution < 1.29 is 28.4 Å². The first kappa shape index (κ1) is 23.3. The van der Waals surface area contributed by atoms with E-state index in [0.29, 0.717) is 43.1 Å². The fraction of sp³-hybridized carbons (Fsp3) is 0.360. The molecule has 2 aromatic carbocycles. The highest BCUT2D eigenvalue weighted by Gasteiger charge is 2.27. The number of hydrogen-bond acceptors (Lipinski definition) is 7. The van der Waals surface area contributed by atoms with E-state index in [1.807, 2.05) is 31.2 Å². The van der Waals surface area contributed by atoms with Crippen LogP contribution in [0, 0.1) is 19.8 Å². The second kappa shape index (κ2) is 9.94. The van der Waals surface area contributed by atoms with Crippen molar-refractivity contribution >= 4 is 28.6 Å². The summed E-state index contributed by atoms with van der Waals surface area (Å²) >= 11 is 0. The van der Waals surface area contributed by atoms with E-state index in [1.54, 1.807) is 24.0 Å². The van der Waals surface area contributed by atoms with Crippen LogP contribution in [0.15, 0.2) is 40.9 Å². The van der Waals surface area contributed by atoms with Crippen molar-refractivity contribution in [3.05, 3.63) is 59.0 Å². The molecule has 2 N–H and O–H groups in total. The molecule has 2 amide bonds. The van der Waals surface area contributed by atoms with Crippen LogP contribution in [-0.2, 0) is 20.9 Å². The van der Waals surface area contributed by atoms with Crippen LogP contribution in [-0.4, -0.2) is 47.5 Å². The largest absolute Gasteiger partial charge is 0.488 e. The Bertz CT molecular complexity index is 1210. The van der Waals surface area contributed by atoms with Gasteiger partial charge in [0.1, 0.15) is 23.7 Å². The highest BCUT2D eigenvalue weighted by atomic mass is 16.5. The van der Waals surface area contributed by atoms with Crippen LogP contribution < -0.4 is 10.5 Å². The van der Waals surface area contributed by atoms with Crippen LogP contribution in [0.5, 0.6) is 5.75 Å². The highest BCUT2D eigenvalue weighted by Crippen LogP contribution is 2.28. The number of nitrogens with zero attached hydrogens (tertiary/aromatic N) is 2. The first-order valence-corrected chi connectivity index (χ1v) is 11.1. The Hall–Kier alpha value is -3.88. The van der Waals surface area contributed by atoms with Crippen molar-refractivity contribution in [2.24, 2.45) is 11.7 Å². The molecule has 0 bridgehead atoms. The van der Waals surface area contributed by atoms with Gasteiger partial charge in [0, 0.05) is 19.0 Å². The van der Waals surface area contributed by atoms with Crippen molar-refractivity contribution in [2.45, 2.75) is 33.3 Å². The lowest BCUT2D eigenvalue weighted by atomic mass is 9.96. The molecule has 178 valence electrons. The Kier molecular flexibility index (Phi) is 6.81. The Labute approximate surface area is 196 Å². The quantitative estimate of drug-likeness (QED) is 0.532. The maximum atomic E-state index is 13.0. The van der Waals surface area contributed by atoms with Crippen LogP contribution in [0.2, 0.25) is 0 Å². The summed E-state index contributed by atoms with van der Waals surface area (Å²) in [5.74, 6) is -0.540. The number of carbonyl (C=O) groups excluding carboxylic acids is 3. The fourth-order valence-electron chi connectivity index (χ4n) is 4.07. The van der Waals surface area contributed by atoms with Crippen LogP contribution in [0.4, 0.5) is 0 Å². The minimum Gasteiger partial charge on any atom is -0.488 e. The molecule has 0 unspecified atom stereocenters. The molecule has 0 aliphatic carbocycles. The first-order chi connectivity index (χ1) is 16.3. The SMILES string of the molecule is Cc1noc(C)c1COc1cc2ccccc2cc1C(=O)OCC(=O)N1CCC(C(N)=O)CC1. The summed E-state index contributed by atoms with van der Waals surface area (Å²) in [6.45, 7) is 4.22. The normalized spacial score (nSPS) is 14.2. The average molecular weight is 466 g/mol. The molecule has 0 saturated carbocycles. The van der Waals surface area contributed by atoms with E-state index < -0.39 is 12.6 Å². The molecule has 9 heteroatoms. The predicted molar refractivity (Wildman–Crippen MR) is 123 cm³/mol. The van der Waals surface area contributed by atoms with E-state index in [1.165, 1.54) is 0 Å². The number of rotatable bonds is 7. The number of fused-ring (bicyclic) bond motifs is 1. The number of primary amides is 1. The zero-order valence-electron chi connectivity index (χ0n) is 19.2. The molecule has 34 heavy (non-hydrogen) atoms. The van der Waals surface area contributed by atoms with Gasteiger partial charge in [0.2, 0.25) is 5.91 Å². The number of hydrogen-bond donors (Lipinski definition) is 1. The third-order valence-electron chi connectivity index (χ3n) is 6.20. The second-order valence-corrected chi connectivity index (χ2v) is 8.42. The number of likely N-dealkylation sites (tertiary alicyclic amines) is 1. The van der Waals surface area contributed by atoms with E-state index >= 15 is 0 Å². The Balaban J connectivity index is 1.47. The van der Waals surface area contributed by atoms with Gasteiger partial charge in [-0.1, -0.05) is 29.4 Å². The molecular weight excluding hydrogens is 438 g/mol. The summed E-state index contributed by atoms with van der Waals surface area (Å²) in [5, 5.41) is 5.68. The van der Waals surface area contributed by atoms with Gasteiger partial charge in [-0.3, -0.25) is 9.59 Å². The topological polar surface area (TPSA) is 125 Å². The van der Waals surface area contributed by atoms with Crippen molar-refractivity contribution in [1.29, 1.82) is 0 Å². The molecule has 0 radical (unpaired) electrons. The molecule has 2 heterocycles. The molecule has 1 aromatic heterocycles. The van der Waals surface area contributed by atoms with Crippen molar-refractivity contribution in [3.8, 4) is 5.75 Å². The number of amides is 2. The van der Waals surface area contributed by atoms with E-state index in [4.69, 9.17) is 19.7 Å². The molecule has 1 aliphatic heterocycles. The van der Waals surface area contributed by atoms with Crippen molar-refractivity contribution in [2.75, 3.05) is 19.7 Å². The van der Waals surface area contributed by atoms with Gasteiger partial charge in [-0.25, -0.2) is 4.79 Å². The minimum absolute atomic E-state index is 0.174. The number of piperidine rings is 1. The van der Waals surface area contributed by atoms with E-state index in [2.05, 4.69) is 5.16 Å². The van der Waals surface area contributed by atoms with Gasteiger partial charge in [-0.15, -0.1) is 0 Å². The van der Waals surface area contributed by atoms with Gasteiger partial charge in [-0.2, -0.15) is 0 Å². The molecule has 1 fully saturated rings. The molecule has 4 rings (SSSR count). The van der Waals surface area contributed by atoms with Crippen LogP contribution in [0.3, 0.4) is 0 Å². The molecule has 9 nitrogen and oxygen atoms in total. The van der Waals surface area contributed by atoms with Gasteiger partial charge in [0.05, 0.1) is 11.3 Å². The average Bonchev–Trinajstić information content (AvgIpc) is 3.17. The lowest BCUT2D eigenvalue weighted by Gasteiger charge is -2.30. The highest BCUT2D eigenvalue weighted by molar-refractivity contribution is 5.99. The summed E-state index contributed by atoms with van der Waals surface area (Å²) in [5.41, 5.74) is 7.10. The van der Waals surface area contributed by atoms with Crippen LogP contribution in [0.1, 0.15) is 40.2 Å². The lowest BCUT2D eigenvalue weighted by molar-refractivity contribution is -0.137. The lowest BCUT2D eigenvalue weighted by Crippen LogP contribution is -2.43. The summed E-state index contributed by atoms with van der Waals surface area (Å²) in [7, 11) is 0. The Morgan fingerprint density at radius 2 is 1.79 bits per heavy atom. The molecule has 0 spiro atoms. The molecule has 1 saturated heterocycles. The summed E-state index contributed by atoms with van der Waals surface area (Å²) in [6.07, 6.45) is 1.03. The zero-order valence-corrected chi connectivity index (χ0v) is 19.2. The number of nitrogens with two attached hydrogens (primary N) is 1. The fourth-order valence-corrected chi connectivity index (χ4v) is 4.07. The number of ether oxygens (including phenoxy) is 2. The zero-order chi connectivity index (χ0) is 24.2. The number of carbonyl (C=O) groups is 3. The summed E-state index contributed by atoms with van der Waals surface area (Å²) in [6, 6.07) is 11.1. The molecule has 3 aromatic rings. The maximum Gasteiger partial charge on any atom is 0.342 e. The minimum atomic E-state index is -0.653. The standard InChI is InChI=1S/C25H27N3O6/c1-15-21(16(2)34-27-15)13-32-22-12-19-6-4-3-5-18(19)11-20(22)25(31)33-14-23(29)28-9-7-17(8-10-28)24(26)30/h3-6,11-12,17H,7-10,13-14H2,1-2H3,(H2,26,30). The monoisotopic (exact) mass is 465 g/mol. The number of benzene rings is 2. The molecular formula is C25H27N3O6. The van der Waals surface area contributed by atoms with E-state index in [0.717, 1.165) is 16.3 Å². The third kappa shape index (κ3) is 5.03. The van der Waals surface area contributed by atoms with Gasteiger partial charge in [0.25, 0.3) is 5.91 Å². The van der Waals surface area contributed by atoms with Gasteiger partial charge >= 0.3 is 5.97 Å². The third-order valence-corrected chi connectivity index (χ3v) is 6.20. The Morgan fingerprint density at radius 3 is 2.41 bits per heavy atom. The van der Waals surface area contributed by atoms with Crippen LogP contribution >= 0.6 is 0 Å². The maximum absolute atomic E-state index is 13.0.